The Labute approximate surface area is 119 Å². The van der Waals surface area contributed by atoms with E-state index >= 15 is 0 Å². The molecule has 1 N–H and O–H groups in total. The minimum atomic E-state index is -0.214. The first-order valence-corrected chi connectivity index (χ1v) is 6.81. The molecule has 2 rings (SSSR count). The van der Waals surface area contributed by atoms with E-state index in [0.717, 1.165) is 17.7 Å². The van der Waals surface area contributed by atoms with Crippen molar-refractivity contribution in [3.8, 4) is 0 Å². The largest absolute Gasteiger partial charge is 0.395 e. The van der Waals surface area contributed by atoms with Crippen LogP contribution in [0.4, 0.5) is 4.39 Å². The second-order valence-corrected chi connectivity index (χ2v) is 4.99. The van der Waals surface area contributed by atoms with Crippen molar-refractivity contribution in [3.63, 3.8) is 0 Å². The molecular weight excluding hydrogens is 253 g/mol. The fourth-order valence-electron chi connectivity index (χ4n) is 2.25. The molecule has 0 unspecified atom stereocenters. The summed E-state index contributed by atoms with van der Waals surface area (Å²) in [5.74, 6) is -0.214. The van der Waals surface area contributed by atoms with Crippen LogP contribution >= 0.6 is 0 Å². The van der Waals surface area contributed by atoms with Crippen molar-refractivity contribution in [1.82, 2.24) is 4.90 Å². The van der Waals surface area contributed by atoms with Gasteiger partial charge in [0.1, 0.15) is 5.82 Å². The summed E-state index contributed by atoms with van der Waals surface area (Å²) in [7, 11) is 0. The molecule has 106 valence electrons. The van der Waals surface area contributed by atoms with Gasteiger partial charge in [-0.1, -0.05) is 36.4 Å². The molecule has 0 aliphatic carbocycles. The summed E-state index contributed by atoms with van der Waals surface area (Å²) in [5, 5.41) is 9.20. The van der Waals surface area contributed by atoms with Gasteiger partial charge in [-0.3, -0.25) is 4.90 Å². The smallest absolute Gasteiger partial charge is 0.123 e. The van der Waals surface area contributed by atoms with Gasteiger partial charge < -0.3 is 5.11 Å². The highest BCUT2D eigenvalue weighted by molar-refractivity contribution is 5.26. The molecule has 20 heavy (non-hydrogen) atoms. The summed E-state index contributed by atoms with van der Waals surface area (Å²) in [5.41, 5.74) is 3.23. The van der Waals surface area contributed by atoms with Gasteiger partial charge in [-0.15, -0.1) is 0 Å². The molecule has 0 radical (unpaired) electrons. The van der Waals surface area contributed by atoms with Crippen LogP contribution in [0.25, 0.3) is 0 Å². The van der Waals surface area contributed by atoms with Crippen LogP contribution < -0.4 is 0 Å². The molecule has 2 aromatic carbocycles. The number of aliphatic hydroxyl groups excluding tert-OH is 1. The molecular formula is C17H20FNO. The van der Waals surface area contributed by atoms with E-state index in [2.05, 4.69) is 17.0 Å². The van der Waals surface area contributed by atoms with Crippen LogP contribution in [-0.2, 0) is 13.1 Å². The van der Waals surface area contributed by atoms with Gasteiger partial charge in [0.2, 0.25) is 0 Å². The summed E-state index contributed by atoms with van der Waals surface area (Å²) in [6, 6.07) is 14.9. The summed E-state index contributed by atoms with van der Waals surface area (Å²) >= 11 is 0. The molecule has 0 spiro atoms. The van der Waals surface area contributed by atoms with Crippen LogP contribution in [0.15, 0.2) is 48.5 Å². The molecule has 0 aromatic heterocycles. The maximum Gasteiger partial charge on any atom is 0.123 e. The lowest BCUT2D eigenvalue weighted by Gasteiger charge is -2.22. The number of hydrogen-bond acceptors (Lipinski definition) is 2. The van der Waals surface area contributed by atoms with E-state index in [-0.39, 0.29) is 12.4 Å². The Hall–Kier alpha value is -1.71. The SMILES string of the molecule is Cc1ccc(F)cc1CN(CCO)Cc1ccccc1. The Morgan fingerprint density at radius 2 is 1.80 bits per heavy atom. The van der Waals surface area contributed by atoms with Crippen molar-refractivity contribution in [3.05, 3.63) is 71.0 Å². The molecule has 0 aliphatic heterocycles. The fourth-order valence-corrected chi connectivity index (χ4v) is 2.25. The number of aryl methyl sites for hydroxylation is 1. The molecule has 0 atom stereocenters. The molecule has 0 aliphatic rings. The molecule has 0 saturated heterocycles. The van der Waals surface area contributed by atoms with Gasteiger partial charge in [-0.05, 0) is 35.7 Å². The lowest BCUT2D eigenvalue weighted by Crippen LogP contribution is -2.26. The van der Waals surface area contributed by atoms with Crippen molar-refractivity contribution in [1.29, 1.82) is 0 Å². The first-order chi connectivity index (χ1) is 9.69. The topological polar surface area (TPSA) is 23.5 Å². The Morgan fingerprint density at radius 3 is 2.50 bits per heavy atom. The molecule has 0 heterocycles. The van der Waals surface area contributed by atoms with Crippen LogP contribution in [0.5, 0.6) is 0 Å². The van der Waals surface area contributed by atoms with E-state index < -0.39 is 0 Å². The number of hydrogen-bond donors (Lipinski definition) is 1. The normalized spacial score (nSPS) is 11.0. The number of rotatable bonds is 6. The lowest BCUT2D eigenvalue weighted by molar-refractivity contribution is 0.184. The van der Waals surface area contributed by atoms with E-state index in [9.17, 15) is 9.50 Å². The Bertz CT molecular complexity index is 542. The van der Waals surface area contributed by atoms with E-state index in [0.29, 0.717) is 13.1 Å². The molecule has 0 amide bonds. The van der Waals surface area contributed by atoms with Crippen LogP contribution in [0.2, 0.25) is 0 Å². The van der Waals surface area contributed by atoms with Crippen LogP contribution in [-0.4, -0.2) is 23.2 Å². The maximum absolute atomic E-state index is 13.3. The number of benzene rings is 2. The van der Waals surface area contributed by atoms with Crippen molar-refractivity contribution in [2.75, 3.05) is 13.2 Å². The van der Waals surface area contributed by atoms with Crippen LogP contribution in [0.1, 0.15) is 16.7 Å². The second-order valence-electron chi connectivity index (χ2n) is 4.99. The molecule has 2 aromatic rings. The maximum atomic E-state index is 13.3. The van der Waals surface area contributed by atoms with Crippen molar-refractivity contribution in [2.45, 2.75) is 20.0 Å². The Balaban J connectivity index is 2.11. The predicted molar refractivity (Wildman–Crippen MR) is 78.8 cm³/mol. The fraction of sp³-hybridized carbons (Fsp3) is 0.294. The summed E-state index contributed by atoms with van der Waals surface area (Å²) in [4.78, 5) is 2.12. The summed E-state index contributed by atoms with van der Waals surface area (Å²) in [6.45, 7) is 4.04. The average molecular weight is 273 g/mol. The predicted octanol–water partition coefficient (Wildman–Crippen LogP) is 3.13. The third-order valence-corrected chi connectivity index (χ3v) is 3.37. The minimum Gasteiger partial charge on any atom is -0.395 e. The zero-order chi connectivity index (χ0) is 14.4. The van der Waals surface area contributed by atoms with E-state index in [1.807, 2.05) is 25.1 Å². The average Bonchev–Trinajstić information content (AvgIpc) is 2.44. The van der Waals surface area contributed by atoms with E-state index in [1.54, 1.807) is 12.1 Å². The molecule has 0 bridgehead atoms. The van der Waals surface area contributed by atoms with Crippen molar-refractivity contribution >= 4 is 0 Å². The van der Waals surface area contributed by atoms with E-state index in [4.69, 9.17) is 0 Å². The highest BCUT2D eigenvalue weighted by Gasteiger charge is 2.09. The van der Waals surface area contributed by atoms with Crippen molar-refractivity contribution < 1.29 is 9.50 Å². The first-order valence-electron chi connectivity index (χ1n) is 6.81. The number of aliphatic hydroxyl groups is 1. The van der Waals surface area contributed by atoms with Crippen LogP contribution in [0, 0.1) is 12.7 Å². The second kappa shape index (κ2) is 7.17. The third-order valence-electron chi connectivity index (χ3n) is 3.37. The van der Waals surface area contributed by atoms with Gasteiger partial charge in [-0.2, -0.15) is 0 Å². The van der Waals surface area contributed by atoms with Gasteiger partial charge in [0, 0.05) is 19.6 Å². The molecule has 0 saturated carbocycles. The van der Waals surface area contributed by atoms with Crippen molar-refractivity contribution in [2.24, 2.45) is 0 Å². The van der Waals surface area contributed by atoms with Gasteiger partial charge in [0.05, 0.1) is 6.61 Å². The highest BCUT2D eigenvalue weighted by atomic mass is 19.1. The quantitative estimate of drug-likeness (QED) is 0.874. The molecule has 3 heteroatoms. The van der Waals surface area contributed by atoms with Gasteiger partial charge >= 0.3 is 0 Å². The molecule has 0 fully saturated rings. The van der Waals surface area contributed by atoms with Gasteiger partial charge in [0.15, 0.2) is 0 Å². The first kappa shape index (κ1) is 14.7. The monoisotopic (exact) mass is 273 g/mol. The van der Waals surface area contributed by atoms with Crippen LogP contribution in [0.3, 0.4) is 0 Å². The zero-order valence-electron chi connectivity index (χ0n) is 11.7. The zero-order valence-corrected chi connectivity index (χ0v) is 11.7. The molecule has 2 nitrogen and oxygen atoms in total. The summed E-state index contributed by atoms with van der Waals surface area (Å²) < 4.78 is 13.3. The highest BCUT2D eigenvalue weighted by Crippen LogP contribution is 2.15. The summed E-state index contributed by atoms with van der Waals surface area (Å²) in [6.07, 6.45) is 0. The lowest BCUT2D eigenvalue weighted by atomic mass is 10.1. The Morgan fingerprint density at radius 1 is 1.05 bits per heavy atom. The Kier molecular flexibility index (Phi) is 5.27. The van der Waals surface area contributed by atoms with Gasteiger partial charge in [-0.25, -0.2) is 4.39 Å². The third kappa shape index (κ3) is 4.15. The standard InChI is InChI=1S/C17H20FNO/c1-14-7-8-17(18)11-16(14)13-19(9-10-20)12-15-5-3-2-4-6-15/h2-8,11,20H,9-10,12-13H2,1H3. The van der Waals surface area contributed by atoms with E-state index in [1.165, 1.54) is 11.6 Å². The van der Waals surface area contributed by atoms with Gasteiger partial charge in [0.25, 0.3) is 0 Å². The number of halogens is 1. The number of nitrogens with zero attached hydrogens (tertiary/aromatic N) is 1. The minimum absolute atomic E-state index is 0.0984.